The van der Waals surface area contributed by atoms with Crippen molar-refractivity contribution < 1.29 is 24.2 Å². The van der Waals surface area contributed by atoms with Crippen LogP contribution in [0.15, 0.2) is 84.8 Å². The number of nitrogens with zero attached hydrogens (tertiary/aromatic N) is 2. The highest BCUT2D eigenvalue weighted by molar-refractivity contribution is 6.51. The average molecular weight is 482 g/mol. The normalized spacial score (nSPS) is 17.2. The van der Waals surface area contributed by atoms with E-state index in [-0.39, 0.29) is 23.0 Å². The summed E-state index contributed by atoms with van der Waals surface area (Å²) < 4.78 is 5.29. The zero-order chi connectivity index (χ0) is 25.4. The van der Waals surface area contributed by atoms with Crippen LogP contribution in [-0.4, -0.2) is 38.8 Å². The molecule has 0 bridgehead atoms. The molecule has 0 spiro atoms. The first-order valence-corrected chi connectivity index (χ1v) is 11.4. The number of pyridine rings is 1. The minimum absolute atomic E-state index is 0.0621. The van der Waals surface area contributed by atoms with Gasteiger partial charge in [-0.3, -0.25) is 19.5 Å². The molecule has 1 atom stereocenters. The fraction of sp³-hybridized carbons (Fsp3) is 0.143. The highest BCUT2D eigenvalue weighted by Gasteiger charge is 2.47. The number of hydrogen-bond acceptors (Lipinski definition) is 6. The second kappa shape index (κ2) is 9.14. The molecule has 180 valence electrons. The molecule has 5 rings (SSSR count). The summed E-state index contributed by atoms with van der Waals surface area (Å²) in [5.74, 6) is -2.49. The SMILES string of the molecule is CC(C)OC(=O)c1cccc(N2C(=O)C(=O)/C(=C(\O)c3c[nH]c4ccccc34)C2c2cccnc2)c1. The number of esters is 1. The molecule has 1 aliphatic heterocycles. The van der Waals surface area contributed by atoms with Gasteiger partial charge in [0.05, 0.1) is 23.3 Å². The highest BCUT2D eigenvalue weighted by Crippen LogP contribution is 2.42. The van der Waals surface area contributed by atoms with E-state index in [1.807, 2.05) is 24.3 Å². The number of benzene rings is 2. The third-order valence-electron chi connectivity index (χ3n) is 5.99. The third-order valence-corrected chi connectivity index (χ3v) is 5.99. The minimum Gasteiger partial charge on any atom is -0.507 e. The van der Waals surface area contributed by atoms with Gasteiger partial charge in [0.25, 0.3) is 11.7 Å². The van der Waals surface area contributed by atoms with Crippen LogP contribution in [-0.2, 0) is 14.3 Å². The minimum atomic E-state index is -0.955. The van der Waals surface area contributed by atoms with Crippen molar-refractivity contribution in [2.24, 2.45) is 0 Å². The van der Waals surface area contributed by atoms with Crippen LogP contribution in [0, 0.1) is 0 Å². The predicted octanol–water partition coefficient (Wildman–Crippen LogP) is 4.75. The van der Waals surface area contributed by atoms with Gasteiger partial charge in [-0.1, -0.05) is 30.3 Å². The Bertz CT molecular complexity index is 1520. The number of amides is 1. The van der Waals surface area contributed by atoms with Crippen LogP contribution < -0.4 is 4.90 Å². The molecule has 3 heterocycles. The van der Waals surface area contributed by atoms with Gasteiger partial charge in [0, 0.05) is 40.7 Å². The number of fused-ring (bicyclic) bond motifs is 1. The Morgan fingerprint density at radius 1 is 1.08 bits per heavy atom. The number of aliphatic hydroxyl groups is 1. The van der Waals surface area contributed by atoms with Crippen LogP contribution in [0.1, 0.15) is 41.4 Å². The molecule has 8 nitrogen and oxygen atoms in total. The maximum absolute atomic E-state index is 13.4. The summed E-state index contributed by atoms with van der Waals surface area (Å²) in [7, 11) is 0. The van der Waals surface area contributed by atoms with Crippen molar-refractivity contribution in [2.75, 3.05) is 4.90 Å². The lowest BCUT2D eigenvalue weighted by Crippen LogP contribution is -2.29. The van der Waals surface area contributed by atoms with E-state index < -0.39 is 23.7 Å². The molecule has 1 fully saturated rings. The highest BCUT2D eigenvalue weighted by atomic mass is 16.5. The third kappa shape index (κ3) is 3.92. The van der Waals surface area contributed by atoms with Crippen LogP contribution in [0.2, 0.25) is 0 Å². The van der Waals surface area contributed by atoms with Crippen molar-refractivity contribution in [3.8, 4) is 0 Å². The van der Waals surface area contributed by atoms with Gasteiger partial charge >= 0.3 is 5.97 Å². The van der Waals surface area contributed by atoms with Crippen molar-refractivity contribution in [1.82, 2.24) is 9.97 Å². The molecule has 0 aliphatic carbocycles. The number of aromatic amines is 1. The number of hydrogen-bond donors (Lipinski definition) is 2. The summed E-state index contributed by atoms with van der Waals surface area (Å²) in [5.41, 5.74) is 2.22. The predicted molar refractivity (Wildman–Crippen MR) is 134 cm³/mol. The van der Waals surface area contributed by atoms with E-state index in [1.165, 1.54) is 11.0 Å². The maximum atomic E-state index is 13.4. The first-order chi connectivity index (χ1) is 17.4. The zero-order valence-corrected chi connectivity index (χ0v) is 19.6. The number of para-hydroxylation sites is 1. The number of carbonyl (C=O) groups is 3. The average Bonchev–Trinajstić information content (AvgIpc) is 3.43. The molecule has 36 heavy (non-hydrogen) atoms. The molecule has 0 saturated carbocycles. The molecular weight excluding hydrogens is 458 g/mol. The van der Waals surface area contributed by atoms with Crippen LogP contribution in [0.5, 0.6) is 0 Å². The van der Waals surface area contributed by atoms with Crippen LogP contribution in [0.4, 0.5) is 5.69 Å². The fourth-order valence-corrected chi connectivity index (χ4v) is 4.43. The Morgan fingerprint density at radius 3 is 2.64 bits per heavy atom. The van der Waals surface area contributed by atoms with Crippen LogP contribution in [0.25, 0.3) is 16.7 Å². The topological polar surface area (TPSA) is 113 Å². The number of ketones is 1. The Kier molecular flexibility index (Phi) is 5.85. The summed E-state index contributed by atoms with van der Waals surface area (Å²) in [6.07, 6.45) is 4.42. The second-order valence-electron chi connectivity index (χ2n) is 8.71. The number of nitrogens with one attached hydrogen (secondary N) is 1. The van der Waals surface area contributed by atoms with Crippen molar-refractivity contribution in [3.05, 3.63) is 102 Å². The van der Waals surface area contributed by atoms with Gasteiger partial charge in [0.15, 0.2) is 0 Å². The van der Waals surface area contributed by atoms with Crippen molar-refractivity contribution in [3.63, 3.8) is 0 Å². The summed E-state index contributed by atoms with van der Waals surface area (Å²) >= 11 is 0. The molecular formula is C28H23N3O5. The van der Waals surface area contributed by atoms with Gasteiger partial charge in [0.1, 0.15) is 5.76 Å². The standard InChI is InChI=1S/C28H23N3O5/c1-16(2)36-28(35)17-7-5-9-19(13-17)31-24(18-8-6-12-29-14-18)23(26(33)27(31)34)25(32)21-15-30-22-11-4-3-10-20(21)22/h3-16,24,30,32H,1-2H3/b25-23-. The Labute approximate surface area is 206 Å². The summed E-state index contributed by atoms with van der Waals surface area (Å²) in [4.78, 5) is 47.8. The molecule has 1 aliphatic rings. The molecule has 2 aromatic carbocycles. The maximum Gasteiger partial charge on any atom is 0.338 e. The lowest BCUT2D eigenvalue weighted by molar-refractivity contribution is -0.132. The monoisotopic (exact) mass is 481 g/mol. The van der Waals surface area contributed by atoms with Crippen LogP contribution >= 0.6 is 0 Å². The molecule has 2 N–H and O–H groups in total. The van der Waals surface area contributed by atoms with Gasteiger partial charge in [0.2, 0.25) is 0 Å². The second-order valence-corrected chi connectivity index (χ2v) is 8.71. The van der Waals surface area contributed by atoms with Crippen LogP contribution in [0.3, 0.4) is 0 Å². The van der Waals surface area contributed by atoms with E-state index in [0.29, 0.717) is 22.2 Å². The Morgan fingerprint density at radius 2 is 1.89 bits per heavy atom. The number of anilines is 1. The molecule has 4 aromatic rings. The van der Waals surface area contributed by atoms with E-state index in [2.05, 4.69) is 9.97 Å². The summed E-state index contributed by atoms with van der Waals surface area (Å²) in [6.45, 7) is 3.49. The number of aliphatic hydroxyl groups excluding tert-OH is 1. The van der Waals surface area contributed by atoms with E-state index in [9.17, 15) is 19.5 Å². The Hall–Kier alpha value is -4.72. The largest absolute Gasteiger partial charge is 0.507 e. The lowest BCUT2D eigenvalue weighted by Gasteiger charge is -2.25. The quantitative estimate of drug-likeness (QED) is 0.184. The number of ether oxygens (including phenoxy) is 1. The van der Waals surface area contributed by atoms with Gasteiger partial charge in [-0.15, -0.1) is 0 Å². The number of aromatic nitrogens is 2. The van der Waals surface area contributed by atoms with Gasteiger partial charge < -0.3 is 14.8 Å². The molecule has 1 saturated heterocycles. The van der Waals surface area contributed by atoms with Gasteiger partial charge in [-0.25, -0.2) is 4.79 Å². The first kappa shape index (κ1) is 23.0. The lowest BCUT2D eigenvalue weighted by atomic mass is 9.96. The fourth-order valence-electron chi connectivity index (χ4n) is 4.43. The molecule has 1 amide bonds. The van der Waals surface area contributed by atoms with Crippen molar-refractivity contribution in [1.29, 1.82) is 0 Å². The number of Topliss-reactive ketones (excluding diaryl/α,β-unsaturated/α-hetero) is 1. The van der Waals surface area contributed by atoms with E-state index in [4.69, 9.17) is 4.74 Å². The summed E-state index contributed by atoms with van der Waals surface area (Å²) in [5, 5.41) is 12.1. The smallest absolute Gasteiger partial charge is 0.338 e. The van der Waals surface area contributed by atoms with Crippen molar-refractivity contribution in [2.45, 2.75) is 26.0 Å². The number of H-pyrrole nitrogens is 1. The Balaban J connectivity index is 1.68. The van der Waals surface area contributed by atoms with Gasteiger partial charge in [-0.05, 0) is 49.7 Å². The number of carbonyl (C=O) groups excluding carboxylic acids is 3. The molecule has 2 aromatic heterocycles. The molecule has 1 unspecified atom stereocenters. The number of rotatable bonds is 5. The van der Waals surface area contributed by atoms with Gasteiger partial charge in [-0.2, -0.15) is 0 Å². The molecule has 0 radical (unpaired) electrons. The first-order valence-electron chi connectivity index (χ1n) is 11.4. The van der Waals surface area contributed by atoms with Crippen molar-refractivity contribution >= 4 is 40.0 Å². The summed E-state index contributed by atoms with van der Waals surface area (Å²) in [6, 6.07) is 16.2. The zero-order valence-electron chi connectivity index (χ0n) is 19.6. The molecule has 8 heteroatoms. The van der Waals surface area contributed by atoms with E-state index in [1.54, 1.807) is 62.8 Å². The van der Waals surface area contributed by atoms with E-state index in [0.717, 1.165) is 5.52 Å². The van der Waals surface area contributed by atoms with E-state index >= 15 is 0 Å².